The molecule has 1 aromatic carbocycles. The monoisotopic (exact) mass is 296 g/mol. The zero-order valence-electron chi connectivity index (χ0n) is 12.2. The molecule has 3 rings (SSSR count). The van der Waals surface area contributed by atoms with Gasteiger partial charge in [-0.15, -0.1) is 0 Å². The van der Waals surface area contributed by atoms with Gasteiger partial charge < -0.3 is 10.2 Å². The predicted octanol–water partition coefficient (Wildman–Crippen LogP) is 3.26. The van der Waals surface area contributed by atoms with E-state index in [1.54, 1.807) is 30.3 Å². The molecule has 5 heteroatoms. The van der Waals surface area contributed by atoms with Gasteiger partial charge in [0.1, 0.15) is 5.75 Å². The summed E-state index contributed by atoms with van der Waals surface area (Å²) in [4.78, 5) is 20.6. The van der Waals surface area contributed by atoms with Gasteiger partial charge in [-0.3, -0.25) is 9.98 Å². The van der Waals surface area contributed by atoms with E-state index in [9.17, 15) is 15.0 Å². The standard InChI is InChI=1S/C17H16N2O3/c1-2-3-13-16-12(17(21)22)8-14(19-15(16)9-18-13)10-4-6-11(20)7-5-10/h4-8,20H,2-3,9H2,1H3,(H,21,22). The Morgan fingerprint density at radius 1 is 1.27 bits per heavy atom. The second kappa shape index (κ2) is 5.60. The number of fused-ring (bicyclic) bond motifs is 1. The number of aromatic nitrogens is 1. The second-order valence-electron chi connectivity index (χ2n) is 5.24. The Hall–Kier alpha value is -2.69. The molecule has 2 N–H and O–H groups in total. The summed E-state index contributed by atoms with van der Waals surface area (Å²) in [6.45, 7) is 2.47. The molecule has 0 saturated heterocycles. The minimum absolute atomic E-state index is 0.164. The van der Waals surface area contributed by atoms with Gasteiger partial charge in [-0.05, 0) is 36.8 Å². The molecule has 22 heavy (non-hydrogen) atoms. The highest BCUT2D eigenvalue weighted by molar-refractivity contribution is 6.11. The van der Waals surface area contributed by atoms with Gasteiger partial charge in [-0.1, -0.05) is 13.3 Å². The van der Waals surface area contributed by atoms with Gasteiger partial charge in [0.2, 0.25) is 0 Å². The van der Waals surface area contributed by atoms with Gasteiger partial charge in [0.15, 0.2) is 0 Å². The van der Waals surface area contributed by atoms with Crippen molar-refractivity contribution < 1.29 is 15.0 Å². The Balaban J connectivity index is 2.12. The first-order chi connectivity index (χ1) is 10.6. The van der Waals surface area contributed by atoms with Crippen LogP contribution in [0.2, 0.25) is 0 Å². The number of hydrogen-bond acceptors (Lipinski definition) is 4. The van der Waals surface area contributed by atoms with E-state index in [2.05, 4.69) is 9.98 Å². The Morgan fingerprint density at radius 3 is 2.64 bits per heavy atom. The lowest BCUT2D eigenvalue weighted by Crippen LogP contribution is -2.10. The van der Waals surface area contributed by atoms with Crippen molar-refractivity contribution in [2.45, 2.75) is 26.3 Å². The van der Waals surface area contributed by atoms with Gasteiger partial charge in [0, 0.05) is 16.8 Å². The predicted molar refractivity (Wildman–Crippen MR) is 83.4 cm³/mol. The lowest BCUT2D eigenvalue weighted by atomic mass is 9.98. The molecule has 112 valence electrons. The first-order valence-corrected chi connectivity index (χ1v) is 7.20. The maximum absolute atomic E-state index is 11.6. The molecule has 2 heterocycles. The third kappa shape index (κ3) is 2.45. The van der Waals surface area contributed by atoms with Crippen LogP contribution in [-0.2, 0) is 6.54 Å². The summed E-state index contributed by atoms with van der Waals surface area (Å²) in [6, 6.07) is 8.15. The van der Waals surface area contributed by atoms with E-state index < -0.39 is 5.97 Å². The zero-order valence-corrected chi connectivity index (χ0v) is 12.2. The first kappa shape index (κ1) is 14.3. The van der Waals surface area contributed by atoms with Crippen molar-refractivity contribution in [2.24, 2.45) is 4.99 Å². The molecule has 5 nitrogen and oxygen atoms in total. The van der Waals surface area contributed by atoms with E-state index in [0.717, 1.165) is 24.1 Å². The van der Waals surface area contributed by atoms with E-state index in [4.69, 9.17) is 0 Å². The largest absolute Gasteiger partial charge is 0.508 e. The highest BCUT2D eigenvalue weighted by atomic mass is 16.4. The Labute approximate surface area is 128 Å². The lowest BCUT2D eigenvalue weighted by Gasteiger charge is -2.10. The molecule has 1 aromatic heterocycles. The van der Waals surface area contributed by atoms with E-state index in [1.165, 1.54) is 0 Å². The van der Waals surface area contributed by atoms with E-state index in [-0.39, 0.29) is 11.3 Å². The van der Waals surface area contributed by atoms with E-state index in [1.807, 2.05) is 6.92 Å². The van der Waals surface area contributed by atoms with Crippen molar-refractivity contribution in [2.75, 3.05) is 0 Å². The maximum Gasteiger partial charge on any atom is 0.336 e. The summed E-state index contributed by atoms with van der Waals surface area (Å²) >= 11 is 0. The summed E-state index contributed by atoms with van der Waals surface area (Å²) in [5, 5.41) is 18.9. The summed E-state index contributed by atoms with van der Waals surface area (Å²) < 4.78 is 0. The van der Waals surface area contributed by atoms with Crippen LogP contribution in [0.4, 0.5) is 0 Å². The number of aromatic carboxylic acids is 1. The summed E-state index contributed by atoms with van der Waals surface area (Å²) in [5.74, 6) is -0.804. The quantitative estimate of drug-likeness (QED) is 0.907. The van der Waals surface area contributed by atoms with Gasteiger partial charge in [0.05, 0.1) is 23.5 Å². The third-order valence-electron chi connectivity index (χ3n) is 3.68. The van der Waals surface area contributed by atoms with Gasteiger partial charge in [0.25, 0.3) is 0 Å². The van der Waals surface area contributed by atoms with E-state index >= 15 is 0 Å². The molecular formula is C17H16N2O3. The Bertz CT molecular complexity index is 764. The second-order valence-corrected chi connectivity index (χ2v) is 5.24. The number of rotatable bonds is 4. The zero-order chi connectivity index (χ0) is 15.7. The number of phenolic OH excluding ortho intramolecular Hbond substituents is 1. The van der Waals surface area contributed by atoms with Crippen LogP contribution < -0.4 is 0 Å². The topological polar surface area (TPSA) is 82.8 Å². The molecule has 0 aliphatic carbocycles. The number of aliphatic imine (C=N–C) groups is 1. The number of carboxylic acid groups (broad SMARTS) is 1. The summed E-state index contributed by atoms with van der Waals surface area (Å²) in [5.41, 5.74) is 3.83. The smallest absolute Gasteiger partial charge is 0.336 e. The van der Waals surface area contributed by atoms with Crippen molar-refractivity contribution in [3.8, 4) is 17.0 Å². The molecule has 2 aromatic rings. The molecule has 0 amide bonds. The molecule has 0 unspecified atom stereocenters. The number of hydrogen-bond donors (Lipinski definition) is 2. The van der Waals surface area contributed by atoms with Crippen LogP contribution >= 0.6 is 0 Å². The fourth-order valence-corrected chi connectivity index (χ4v) is 2.67. The number of benzene rings is 1. The summed E-state index contributed by atoms with van der Waals surface area (Å²) in [7, 11) is 0. The third-order valence-corrected chi connectivity index (χ3v) is 3.68. The molecule has 1 aliphatic rings. The van der Waals surface area contributed by atoms with Crippen molar-refractivity contribution in [3.05, 3.63) is 47.2 Å². The number of nitrogens with zero attached hydrogens (tertiary/aromatic N) is 2. The molecule has 1 aliphatic heterocycles. The van der Waals surface area contributed by atoms with Gasteiger partial charge in [-0.2, -0.15) is 0 Å². The van der Waals surface area contributed by atoms with Crippen LogP contribution in [0.25, 0.3) is 11.3 Å². The number of carboxylic acids is 1. The number of aromatic hydroxyl groups is 1. The number of carbonyl (C=O) groups is 1. The van der Waals surface area contributed by atoms with Crippen LogP contribution in [0.15, 0.2) is 35.3 Å². The van der Waals surface area contributed by atoms with Crippen molar-refractivity contribution in [1.29, 1.82) is 0 Å². The van der Waals surface area contributed by atoms with Crippen molar-refractivity contribution in [3.63, 3.8) is 0 Å². The Kier molecular flexibility index (Phi) is 3.63. The Morgan fingerprint density at radius 2 is 2.00 bits per heavy atom. The molecule has 0 saturated carbocycles. The minimum atomic E-state index is -0.968. The van der Waals surface area contributed by atoms with Gasteiger partial charge in [-0.25, -0.2) is 4.79 Å². The highest BCUT2D eigenvalue weighted by Crippen LogP contribution is 2.29. The fraction of sp³-hybridized carbons (Fsp3) is 0.235. The average Bonchev–Trinajstić information content (AvgIpc) is 2.90. The normalized spacial score (nSPS) is 12.9. The SMILES string of the molecule is CCCC1=NCc2nc(-c3ccc(O)cc3)cc(C(=O)O)c21. The fourth-order valence-electron chi connectivity index (χ4n) is 2.67. The van der Waals surface area contributed by atoms with Crippen LogP contribution in [0, 0.1) is 0 Å². The molecule has 0 atom stereocenters. The average molecular weight is 296 g/mol. The van der Waals surface area contributed by atoms with E-state index in [0.29, 0.717) is 23.5 Å². The summed E-state index contributed by atoms with van der Waals surface area (Å²) in [6.07, 6.45) is 1.67. The molecule has 0 spiro atoms. The number of pyridine rings is 1. The van der Waals surface area contributed by atoms with Crippen molar-refractivity contribution in [1.82, 2.24) is 4.98 Å². The highest BCUT2D eigenvalue weighted by Gasteiger charge is 2.25. The van der Waals surface area contributed by atoms with Crippen LogP contribution in [0.1, 0.15) is 41.4 Å². The maximum atomic E-state index is 11.6. The lowest BCUT2D eigenvalue weighted by molar-refractivity contribution is 0.0696. The molecule has 0 bridgehead atoms. The molecular weight excluding hydrogens is 280 g/mol. The van der Waals surface area contributed by atoms with Crippen LogP contribution in [-0.4, -0.2) is 26.9 Å². The first-order valence-electron chi connectivity index (χ1n) is 7.20. The van der Waals surface area contributed by atoms with Crippen LogP contribution in [0.3, 0.4) is 0 Å². The molecule has 0 fully saturated rings. The van der Waals surface area contributed by atoms with Crippen molar-refractivity contribution >= 4 is 11.7 Å². The van der Waals surface area contributed by atoms with Crippen LogP contribution in [0.5, 0.6) is 5.75 Å². The molecule has 0 radical (unpaired) electrons. The minimum Gasteiger partial charge on any atom is -0.508 e. The number of phenols is 1. The van der Waals surface area contributed by atoms with Gasteiger partial charge >= 0.3 is 5.97 Å².